The first-order valence-electron chi connectivity index (χ1n) is 20.0. The van der Waals surface area contributed by atoms with Gasteiger partial charge in [-0.05, 0) is 96.1 Å². The molecule has 274 valence electrons. The Hall–Kier alpha value is -7.24. The zero-order valence-electron chi connectivity index (χ0n) is 32.7. The number of pyridine rings is 1. The second kappa shape index (κ2) is 13.5. The fourth-order valence-corrected chi connectivity index (χ4v) is 9.57. The summed E-state index contributed by atoms with van der Waals surface area (Å²) in [6, 6.07) is 64.0. The number of aromatic nitrogens is 3. The quantitative estimate of drug-likeness (QED) is 0.165. The molecule has 0 N–H and O–H groups in total. The number of nitrogens with zero attached hydrogens (tertiary/aromatic N) is 4. The number of hydrogen-bond acceptors (Lipinski definition) is 3. The molecule has 1 aliphatic rings. The number of anilines is 3. The molecule has 0 unspecified atom stereocenters. The van der Waals surface area contributed by atoms with Crippen LogP contribution in [0.5, 0.6) is 0 Å². The van der Waals surface area contributed by atoms with E-state index in [0.717, 1.165) is 50.4 Å². The Bertz CT molecular complexity index is 3220. The lowest BCUT2D eigenvalue weighted by Crippen LogP contribution is -2.57. The Morgan fingerprint density at radius 2 is 1.17 bits per heavy atom. The maximum Gasteiger partial charge on any atom is 0.246 e. The maximum atomic E-state index is 5.40. The highest BCUT2D eigenvalue weighted by Crippen LogP contribution is 2.41. The zero-order chi connectivity index (χ0) is 38.9. The van der Waals surface area contributed by atoms with Crippen LogP contribution in [0.25, 0.3) is 60.9 Å². The maximum absolute atomic E-state index is 5.40. The number of imidazole rings is 1. The summed E-state index contributed by atoms with van der Waals surface area (Å²) in [7, 11) is 0. The zero-order valence-corrected chi connectivity index (χ0v) is 32.7. The SMILES string of the molecule is Cc1cc(C)c(-n2c(-c3ccc4c(c3)B(c3cccc(-c5nccc6ccccc56)c3)c3ccccc3N4c3cccc4ccccc34)nc3ccccc32)c(C)c1. The van der Waals surface area contributed by atoms with Crippen molar-refractivity contribution < 1.29 is 0 Å². The number of aryl methyl sites for hydroxylation is 3. The van der Waals surface area contributed by atoms with Crippen LogP contribution in [-0.4, -0.2) is 21.2 Å². The summed E-state index contributed by atoms with van der Waals surface area (Å²) in [5.74, 6) is 0.932. The predicted molar refractivity (Wildman–Crippen MR) is 245 cm³/mol. The summed E-state index contributed by atoms with van der Waals surface area (Å²) < 4.78 is 2.38. The van der Waals surface area contributed by atoms with Crippen LogP contribution in [-0.2, 0) is 0 Å². The first-order valence-corrected chi connectivity index (χ1v) is 20.0. The van der Waals surface area contributed by atoms with Crippen molar-refractivity contribution in [3.8, 4) is 28.3 Å². The van der Waals surface area contributed by atoms with Crippen molar-refractivity contribution in [3.63, 3.8) is 0 Å². The van der Waals surface area contributed by atoms with Gasteiger partial charge in [0, 0.05) is 39.5 Å². The molecule has 5 heteroatoms. The molecule has 0 saturated heterocycles. The van der Waals surface area contributed by atoms with Gasteiger partial charge in [0.2, 0.25) is 6.71 Å². The first-order chi connectivity index (χ1) is 28.5. The third-order valence-corrected chi connectivity index (χ3v) is 11.9. The van der Waals surface area contributed by atoms with Gasteiger partial charge in [-0.3, -0.25) is 9.55 Å². The lowest BCUT2D eigenvalue weighted by molar-refractivity contribution is 1.06. The molecule has 0 fully saturated rings. The Morgan fingerprint density at radius 3 is 2.03 bits per heavy atom. The van der Waals surface area contributed by atoms with Crippen LogP contribution >= 0.6 is 0 Å². The van der Waals surface area contributed by atoms with Crippen LogP contribution in [0, 0.1) is 20.8 Å². The summed E-state index contributed by atoms with van der Waals surface area (Å²) in [6.07, 6.45) is 1.92. The van der Waals surface area contributed by atoms with Gasteiger partial charge in [0.25, 0.3) is 0 Å². The van der Waals surface area contributed by atoms with E-state index in [1.807, 2.05) is 6.20 Å². The number of hydrogen-bond donors (Lipinski definition) is 0. The minimum absolute atomic E-state index is 0.0621. The monoisotopic (exact) mass is 742 g/mol. The van der Waals surface area contributed by atoms with Gasteiger partial charge in [-0.1, -0.05) is 144 Å². The molecule has 0 saturated carbocycles. The predicted octanol–water partition coefficient (Wildman–Crippen LogP) is 11.3. The highest BCUT2D eigenvalue weighted by molar-refractivity contribution is 6.98. The van der Waals surface area contributed by atoms with Gasteiger partial charge in [0.05, 0.1) is 28.1 Å². The lowest BCUT2D eigenvalue weighted by atomic mass is 9.35. The molecule has 4 nitrogen and oxygen atoms in total. The molecular formula is C53H39BN4. The van der Waals surface area contributed by atoms with E-state index in [0.29, 0.717) is 0 Å². The van der Waals surface area contributed by atoms with Gasteiger partial charge < -0.3 is 4.90 Å². The Morgan fingerprint density at radius 1 is 0.500 bits per heavy atom. The second-order valence-corrected chi connectivity index (χ2v) is 15.6. The van der Waals surface area contributed by atoms with Gasteiger partial charge in [-0.2, -0.15) is 0 Å². The summed E-state index contributed by atoms with van der Waals surface area (Å²) in [6.45, 7) is 6.54. The van der Waals surface area contributed by atoms with E-state index in [4.69, 9.17) is 9.97 Å². The minimum atomic E-state index is -0.0621. The molecular weight excluding hydrogens is 703 g/mol. The Balaban J connectivity index is 1.19. The largest absolute Gasteiger partial charge is 0.311 e. The van der Waals surface area contributed by atoms with E-state index in [1.54, 1.807) is 0 Å². The molecule has 3 heterocycles. The lowest BCUT2D eigenvalue weighted by Gasteiger charge is -2.38. The fraction of sp³-hybridized carbons (Fsp3) is 0.0566. The van der Waals surface area contributed by atoms with Crippen molar-refractivity contribution in [1.29, 1.82) is 0 Å². The van der Waals surface area contributed by atoms with Crippen LogP contribution in [0.15, 0.2) is 182 Å². The molecule has 58 heavy (non-hydrogen) atoms. The standard InChI is InChI=1S/C53H39BN4/c1-34-30-35(2)52(36(3)31-34)58-50-24-11-9-22-46(50)56-53(58)40-26-27-49-45(33-40)54(41-18-12-17-39(32-41)51-43-20-7-5-15-38(43)28-29-55-51)44-21-8-10-23-48(44)57(49)47-25-13-16-37-14-4-6-19-42(37)47/h4-33H,1-3H3. The van der Waals surface area contributed by atoms with Gasteiger partial charge in [0.1, 0.15) is 5.82 Å². The van der Waals surface area contributed by atoms with Gasteiger partial charge in [-0.25, -0.2) is 4.98 Å². The average Bonchev–Trinajstić information content (AvgIpc) is 3.64. The molecule has 0 atom stereocenters. The van der Waals surface area contributed by atoms with E-state index in [1.165, 1.54) is 60.6 Å². The topological polar surface area (TPSA) is 34.0 Å². The van der Waals surface area contributed by atoms with Crippen molar-refractivity contribution >= 4 is 72.7 Å². The van der Waals surface area contributed by atoms with Gasteiger partial charge in [0.15, 0.2) is 0 Å². The molecule has 0 aliphatic carbocycles. The van der Waals surface area contributed by atoms with E-state index < -0.39 is 0 Å². The van der Waals surface area contributed by atoms with Crippen molar-refractivity contribution in [2.24, 2.45) is 0 Å². The normalized spacial score (nSPS) is 12.3. The van der Waals surface area contributed by atoms with Crippen molar-refractivity contribution in [2.45, 2.75) is 20.8 Å². The molecule has 0 amide bonds. The Kier molecular flexibility index (Phi) is 7.90. The first kappa shape index (κ1) is 34.0. The second-order valence-electron chi connectivity index (χ2n) is 15.6. The van der Waals surface area contributed by atoms with Crippen LogP contribution in [0.1, 0.15) is 16.7 Å². The number of para-hydroxylation sites is 3. The van der Waals surface area contributed by atoms with E-state index in [-0.39, 0.29) is 6.71 Å². The molecule has 11 rings (SSSR count). The van der Waals surface area contributed by atoms with E-state index in [2.05, 4.69) is 206 Å². The van der Waals surface area contributed by atoms with Crippen molar-refractivity contribution in [2.75, 3.05) is 4.90 Å². The summed E-state index contributed by atoms with van der Waals surface area (Å²) >= 11 is 0. The number of rotatable bonds is 5. The molecule has 0 bridgehead atoms. The fourth-order valence-electron chi connectivity index (χ4n) is 9.57. The average molecular weight is 743 g/mol. The van der Waals surface area contributed by atoms with Crippen LogP contribution in [0.4, 0.5) is 17.1 Å². The van der Waals surface area contributed by atoms with Crippen molar-refractivity contribution in [3.05, 3.63) is 199 Å². The highest BCUT2D eigenvalue weighted by atomic mass is 15.2. The van der Waals surface area contributed by atoms with Crippen LogP contribution in [0.2, 0.25) is 0 Å². The number of fused-ring (bicyclic) bond motifs is 5. The van der Waals surface area contributed by atoms with Crippen LogP contribution in [0.3, 0.4) is 0 Å². The molecule has 1 aliphatic heterocycles. The van der Waals surface area contributed by atoms with E-state index in [9.17, 15) is 0 Å². The minimum Gasteiger partial charge on any atom is -0.311 e. The highest BCUT2D eigenvalue weighted by Gasteiger charge is 2.36. The van der Waals surface area contributed by atoms with Crippen molar-refractivity contribution in [1.82, 2.24) is 14.5 Å². The summed E-state index contributed by atoms with van der Waals surface area (Å²) in [5, 5.41) is 4.76. The Labute approximate surface area is 338 Å². The molecule has 2 aromatic heterocycles. The molecule has 0 radical (unpaired) electrons. The van der Waals surface area contributed by atoms with Crippen LogP contribution < -0.4 is 21.3 Å². The van der Waals surface area contributed by atoms with E-state index >= 15 is 0 Å². The summed E-state index contributed by atoms with van der Waals surface area (Å²) in [5.41, 5.74) is 17.3. The number of benzene rings is 8. The van der Waals surface area contributed by atoms with Gasteiger partial charge in [-0.15, -0.1) is 0 Å². The smallest absolute Gasteiger partial charge is 0.246 e. The molecule has 0 spiro atoms. The third kappa shape index (κ3) is 5.38. The summed E-state index contributed by atoms with van der Waals surface area (Å²) in [4.78, 5) is 12.8. The van der Waals surface area contributed by atoms with Gasteiger partial charge >= 0.3 is 0 Å². The molecule has 8 aromatic carbocycles. The third-order valence-electron chi connectivity index (χ3n) is 11.9. The molecule has 10 aromatic rings.